The zero-order chi connectivity index (χ0) is 29.3. The van der Waals surface area contributed by atoms with E-state index in [0.29, 0.717) is 23.3 Å². The summed E-state index contributed by atoms with van der Waals surface area (Å²) in [5, 5.41) is 23.2. The van der Waals surface area contributed by atoms with Crippen LogP contribution < -0.4 is 0 Å². The molecule has 0 heterocycles. The second-order valence-electron chi connectivity index (χ2n) is 9.07. The number of aliphatic imine (C=N–C) groups is 1. The molecule has 4 aromatic rings. The molecule has 0 saturated carbocycles. The molecule has 5 nitrogen and oxygen atoms in total. The van der Waals surface area contributed by atoms with Gasteiger partial charge in [0.15, 0.2) is 0 Å². The van der Waals surface area contributed by atoms with Gasteiger partial charge in [-0.1, -0.05) is 60.7 Å². The van der Waals surface area contributed by atoms with E-state index in [0.717, 1.165) is 12.3 Å². The Morgan fingerprint density at radius 3 is 1.65 bits per heavy atom. The molecular weight excluding hydrogens is 538 g/mol. The van der Waals surface area contributed by atoms with Gasteiger partial charge in [-0.3, -0.25) is 15.1 Å². The number of aromatic hydroxyl groups is 1. The summed E-state index contributed by atoms with van der Waals surface area (Å²) in [6, 6.07) is 20.5. The maximum absolute atomic E-state index is 13.3. The van der Waals surface area contributed by atoms with Gasteiger partial charge in [0.1, 0.15) is 5.75 Å². The number of rotatable bonds is 6. The van der Waals surface area contributed by atoms with Crippen molar-refractivity contribution in [3.05, 3.63) is 134 Å². The maximum atomic E-state index is 13.3. The number of alkyl halides is 6. The molecule has 0 atom stereocenters. The fourth-order valence-corrected chi connectivity index (χ4v) is 4.40. The third-order valence-electron chi connectivity index (χ3n) is 6.50. The summed E-state index contributed by atoms with van der Waals surface area (Å²) in [6.07, 6.45) is -9.36. The monoisotopic (exact) mass is 558 g/mol. The lowest BCUT2D eigenvalue weighted by Gasteiger charge is -2.32. The van der Waals surface area contributed by atoms with Crippen molar-refractivity contribution in [2.24, 2.45) is 4.99 Å². The molecule has 40 heavy (non-hydrogen) atoms. The molecule has 0 amide bonds. The number of non-ortho nitro benzene ring substituents is 1. The Labute approximate surface area is 224 Å². The average Bonchev–Trinajstić information content (AvgIpc) is 2.91. The van der Waals surface area contributed by atoms with Crippen molar-refractivity contribution in [1.29, 1.82) is 0 Å². The largest absolute Gasteiger partial charge is 0.507 e. The van der Waals surface area contributed by atoms with Gasteiger partial charge in [-0.15, -0.1) is 0 Å². The highest BCUT2D eigenvalue weighted by Gasteiger charge is 2.38. The van der Waals surface area contributed by atoms with Gasteiger partial charge in [0.25, 0.3) is 5.69 Å². The summed E-state index contributed by atoms with van der Waals surface area (Å²) in [6.45, 7) is 1.74. The number of benzene rings is 4. The minimum atomic E-state index is -5.08. The minimum absolute atomic E-state index is 0.0346. The van der Waals surface area contributed by atoms with Gasteiger partial charge in [0.05, 0.1) is 21.7 Å². The topological polar surface area (TPSA) is 75.7 Å². The van der Waals surface area contributed by atoms with Crippen LogP contribution in [0.25, 0.3) is 0 Å². The fourth-order valence-electron chi connectivity index (χ4n) is 4.40. The van der Waals surface area contributed by atoms with Crippen LogP contribution in [0.3, 0.4) is 0 Å². The second kappa shape index (κ2) is 10.5. The third-order valence-corrected chi connectivity index (χ3v) is 6.50. The first-order valence-corrected chi connectivity index (χ1v) is 11.7. The lowest BCUT2D eigenvalue weighted by Crippen LogP contribution is -2.26. The molecule has 0 unspecified atom stereocenters. The Balaban J connectivity index is 1.94. The Bertz CT molecular complexity index is 1500. The summed E-state index contributed by atoms with van der Waals surface area (Å²) in [5.74, 6) is -0.479. The zero-order valence-corrected chi connectivity index (χ0v) is 20.7. The van der Waals surface area contributed by atoms with Gasteiger partial charge < -0.3 is 5.11 Å². The van der Waals surface area contributed by atoms with Crippen molar-refractivity contribution in [3.63, 3.8) is 0 Å². The number of phenolic OH excluding ortho intramolecular Hbond substituents is 1. The summed E-state index contributed by atoms with van der Waals surface area (Å²) in [7, 11) is 0. The summed E-state index contributed by atoms with van der Waals surface area (Å²) in [5.41, 5.74) is -4.33. The van der Waals surface area contributed by atoms with Crippen molar-refractivity contribution >= 4 is 17.6 Å². The van der Waals surface area contributed by atoms with Crippen molar-refractivity contribution in [1.82, 2.24) is 0 Å². The number of nitrogens with zero attached hydrogens (tertiary/aromatic N) is 2. The van der Waals surface area contributed by atoms with Crippen LogP contribution in [0.4, 0.5) is 37.7 Å². The lowest BCUT2D eigenvalue weighted by molar-refractivity contribution is -0.385. The van der Waals surface area contributed by atoms with Gasteiger partial charge in [0.2, 0.25) is 0 Å². The van der Waals surface area contributed by atoms with Crippen LogP contribution in [0.5, 0.6) is 5.75 Å². The predicted molar refractivity (Wildman–Crippen MR) is 137 cm³/mol. The number of hydrogen-bond donors (Lipinski definition) is 1. The molecule has 11 heteroatoms. The Morgan fingerprint density at radius 2 is 1.23 bits per heavy atom. The SMILES string of the molecule is CC(c1ccccc1)(c1ccccc1)c1cc([N+](=O)[O-])cc(C=Nc2cc(C(F)(F)F)cc(C(F)(F)F)c2)c1O. The van der Waals surface area contributed by atoms with Gasteiger partial charge in [0, 0.05) is 34.9 Å². The number of hydrogen-bond acceptors (Lipinski definition) is 4. The molecule has 0 aromatic heterocycles. The Hall–Kier alpha value is -4.67. The van der Waals surface area contributed by atoms with Crippen LogP contribution in [0.1, 0.15) is 40.3 Å². The maximum Gasteiger partial charge on any atom is 0.416 e. The first kappa shape index (κ1) is 28.3. The minimum Gasteiger partial charge on any atom is -0.507 e. The highest BCUT2D eigenvalue weighted by molar-refractivity contribution is 5.88. The standard InChI is InChI=1S/C29H20F6N2O3/c1-27(19-8-4-2-5-9-19,20-10-6-3-7-11-20)25-16-24(37(39)40)12-18(26(25)38)17-36-23-14-21(28(30,31)32)13-22(15-23)29(33,34)35/h2-17,38H,1H3. The van der Waals surface area contributed by atoms with E-state index in [9.17, 15) is 41.6 Å². The highest BCUT2D eigenvalue weighted by atomic mass is 19.4. The Morgan fingerprint density at radius 1 is 0.750 bits per heavy atom. The first-order chi connectivity index (χ1) is 18.7. The molecule has 1 N–H and O–H groups in total. The first-order valence-electron chi connectivity index (χ1n) is 11.7. The van der Waals surface area contributed by atoms with E-state index in [1.807, 2.05) is 0 Å². The van der Waals surface area contributed by atoms with Crippen LogP contribution in [-0.4, -0.2) is 16.2 Å². The molecule has 0 bridgehead atoms. The van der Waals surface area contributed by atoms with E-state index in [2.05, 4.69) is 4.99 Å². The number of halogens is 6. The highest BCUT2D eigenvalue weighted by Crippen LogP contribution is 2.45. The lowest BCUT2D eigenvalue weighted by atomic mass is 9.70. The smallest absolute Gasteiger partial charge is 0.416 e. The number of nitro benzene ring substituents is 1. The van der Waals surface area contributed by atoms with E-state index >= 15 is 0 Å². The third kappa shape index (κ3) is 5.68. The molecule has 0 radical (unpaired) electrons. The van der Waals surface area contributed by atoms with Gasteiger partial charge >= 0.3 is 12.4 Å². The summed E-state index contributed by atoms with van der Waals surface area (Å²) < 4.78 is 79.7. The predicted octanol–water partition coefficient (Wildman–Crippen LogP) is 8.44. The second-order valence-corrected chi connectivity index (χ2v) is 9.07. The molecule has 0 aliphatic carbocycles. The fraction of sp³-hybridized carbons (Fsp3) is 0.138. The van der Waals surface area contributed by atoms with Crippen LogP contribution in [-0.2, 0) is 17.8 Å². The van der Waals surface area contributed by atoms with E-state index in [4.69, 9.17) is 0 Å². The molecule has 0 spiro atoms. The van der Waals surface area contributed by atoms with Crippen LogP contribution >= 0.6 is 0 Å². The van der Waals surface area contributed by atoms with Crippen molar-refractivity contribution < 1.29 is 36.4 Å². The Kier molecular flexibility index (Phi) is 7.42. The molecule has 206 valence electrons. The summed E-state index contributed by atoms with van der Waals surface area (Å²) >= 11 is 0. The van der Waals surface area contributed by atoms with Crippen molar-refractivity contribution in [2.45, 2.75) is 24.7 Å². The van der Waals surface area contributed by atoms with E-state index in [-0.39, 0.29) is 17.2 Å². The molecule has 0 saturated heterocycles. The number of nitro groups is 1. The van der Waals surface area contributed by atoms with Crippen molar-refractivity contribution in [3.8, 4) is 5.75 Å². The normalized spacial score (nSPS) is 12.6. The molecule has 4 rings (SSSR count). The van der Waals surface area contributed by atoms with E-state index in [1.165, 1.54) is 6.07 Å². The number of phenols is 1. The quantitative estimate of drug-likeness (QED) is 0.0848. The van der Waals surface area contributed by atoms with Crippen LogP contribution in [0.15, 0.2) is 96.0 Å². The van der Waals surface area contributed by atoms with Crippen LogP contribution in [0, 0.1) is 10.1 Å². The molecule has 0 aliphatic rings. The van der Waals surface area contributed by atoms with E-state index < -0.39 is 50.9 Å². The van der Waals surface area contributed by atoms with Crippen molar-refractivity contribution in [2.75, 3.05) is 0 Å². The van der Waals surface area contributed by atoms with Gasteiger partial charge in [-0.05, 0) is 36.2 Å². The van der Waals surface area contributed by atoms with Gasteiger partial charge in [-0.2, -0.15) is 26.3 Å². The van der Waals surface area contributed by atoms with E-state index in [1.54, 1.807) is 67.6 Å². The molecule has 0 aliphatic heterocycles. The van der Waals surface area contributed by atoms with Crippen LogP contribution in [0.2, 0.25) is 0 Å². The molecule has 4 aromatic carbocycles. The molecule has 0 fully saturated rings. The van der Waals surface area contributed by atoms with Gasteiger partial charge in [-0.25, -0.2) is 0 Å². The summed E-state index contributed by atoms with van der Waals surface area (Å²) in [4.78, 5) is 14.9. The molecular formula is C29H20F6N2O3. The zero-order valence-electron chi connectivity index (χ0n) is 20.7. The average molecular weight is 558 g/mol.